The molecule has 0 spiro atoms. The highest BCUT2D eigenvalue weighted by Gasteiger charge is 2.44. The van der Waals surface area contributed by atoms with E-state index in [-0.39, 0.29) is 36.1 Å². The summed E-state index contributed by atoms with van der Waals surface area (Å²) in [6, 6.07) is 5.92. The fraction of sp³-hybridized carbons (Fsp3) is 0.457. The van der Waals surface area contributed by atoms with Gasteiger partial charge in [0.2, 0.25) is 17.7 Å². The SMILES string of the molecule is COc1ccc2c(CC(NC(=O)C3CCCN3C(=O)C3CCCN3C(=O)C([NH3+])CCCCNc3ccc([N+](=O)[O-])cc3[N+](=O)[O-])C(N)=O)cc(=O)oc2c1. The van der Waals surface area contributed by atoms with Gasteiger partial charge in [-0.3, -0.25) is 39.4 Å². The number of non-ortho nitro benzene ring substituents is 1. The van der Waals surface area contributed by atoms with Crippen LogP contribution in [0.2, 0.25) is 0 Å². The van der Waals surface area contributed by atoms with Crippen LogP contribution < -0.4 is 32.5 Å². The van der Waals surface area contributed by atoms with Crippen LogP contribution in [0.15, 0.2) is 51.7 Å². The maximum atomic E-state index is 13.9. The van der Waals surface area contributed by atoms with Crippen LogP contribution in [0.1, 0.15) is 50.5 Å². The average Bonchev–Trinajstić information content (AvgIpc) is 3.84. The number of rotatable bonds is 16. The summed E-state index contributed by atoms with van der Waals surface area (Å²) in [7, 11) is 1.47. The van der Waals surface area contributed by atoms with Gasteiger partial charge in [-0.05, 0) is 62.3 Å². The molecular formula is C35H43N8O11+. The summed E-state index contributed by atoms with van der Waals surface area (Å²) in [5, 5.41) is 28.5. The van der Waals surface area contributed by atoms with Crippen LogP contribution in [-0.2, 0) is 25.6 Å². The van der Waals surface area contributed by atoms with Gasteiger partial charge in [0.05, 0.1) is 23.0 Å². The highest BCUT2D eigenvalue weighted by molar-refractivity contribution is 5.95. The number of unbranched alkanes of at least 4 members (excludes halogenated alkanes) is 1. The highest BCUT2D eigenvalue weighted by atomic mass is 16.6. The predicted octanol–water partition coefficient (Wildman–Crippen LogP) is 1.01. The molecule has 1 aromatic heterocycles. The monoisotopic (exact) mass is 751 g/mol. The molecule has 2 aliphatic heterocycles. The van der Waals surface area contributed by atoms with Crippen molar-refractivity contribution in [3.63, 3.8) is 0 Å². The zero-order valence-corrected chi connectivity index (χ0v) is 29.7. The number of amides is 4. The van der Waals surface area contributed by atoms with E-state index >= 15 is 0 Å². The number of nitrogens with one attached hydrogen (secondary N) is 2. The summed E-state index contributed by atoms with van der Waals surface area (Å²) in [6.07, 6.45) is 3.23. The van der Waals surface area contributed by atoms with Gasteiger partial charge >= 0.3 is 5.63 Å². The number of nitro benzene ring substituents is 2. The lowest BCUT2D eigenvalue weighted by Gasteiger charge is -2.32. The van der Waals surface area contributed by atoms with Gasteiger partial charge in [-0.1, -0.05) is 0 Å². The molecule has 0 saturated carbocycles. The first kappa shape index (κ1) is 39.1. The first-order valence-corrected chi connectivity index (χ1v) is 17.6. The van der Waals surface area contributed by atoms with Crippen molar-refractivity contribution in [3.8, 4) is 5.75 Å². The molecule has 3 heterocycles. The number of nitro groups is 2. The van der Waals surface area contributed by atoms with Gasteiger partial charge in [0.1, 0.15) is 35.1 Å². The van der Waals surface area contributed by atoms with E-state index < -0.39 is 62.8 Å². The van der Waals surface area contributed by atoms with Crippen molar-refractivity contribution < 1.29 is 43.9 Å². The number of quaternary nitrogens is 1. The lowest BCUT2D eigenvalue weighted by molar-refractivity contribution is -0.407. The first-order valence-electron chi connectivity index (χ1n) is 17.6. The van der Waals surface area contributed by atoms with E-state index in [9.17, 15) is 44.2 Å². The van der Waals surface area contributed by atoms with Gasteiger partial charge in [-0.2, -0.15) is 0 Å². The number of primary amides is 1. The molecule has 19 heteroatoms. The van der Waals surface area contributed by atoms with Gasteiger partial charge in [0.15, 0.2) is 6.04 Å². The maximum Gasteiger partial charge on any atom is 0.336 e. The van der Waals surface area contributed by atoms with Gasteiger partial charge in [-0.15, -0.1) is 0 Å². The molecule has 54 heavy (non-hydrogen) atoms. The van der Waals surface area contributed by atoms with E-state index in [4.69, 9.17) is 14.9 Å². The molecule has 3 aromatic rings. The molecule has 2 aliphatic rings. The molecule has 7 N–H and O–H groups in total. The molecule has 4 atom stereocenters. The zero-order chi connectivity index (χ0) is 39.1. The first-order chi connectivity index (χ1) is 25.8. The number of ether oxygens (including phenoxy) is 1. The topological polar surface area (TPSA) is 278 Å². The number of fused-ring (bicyclic) bond motifs is 1. The third-order valence-electron chi connectivity index (χ3n) is 9.81. The quantitative estimate of drug-likeness (QED) is 0.0691. The highest BCUT2D eigenvalue weighted by Crippen LogP contribution is 2.30. The molecule has 2 aromatic carbocycles. The van der Waals surface area contributed by atoms with E-state index in [1.807, 2.05) is 0 Å². The third-order valence-corrected chi connectivity index (χ3v) is 9.81. The minimum Gasteiger partial charge on any atom is -0.497 e. The standard InChI is InChI=1S/C35H42N8O11/c1-53-22-10-11-23-20(17-31(44)54-30(23)19-22)16-26(32(37)45)39-33(46)27-7-4-14-40(27)35(48)28-8-5-15-41(28)34(47)24(36)6-2-3-13-38-25-12-9-21(42(49)50)18-29(25)43(51)52/h9-12,17-19,24,26-28,38H,2-8,13-16,36H2,1H3,(H2,37,45)(H,39,46)/p+1. The zero-order valence-electron chi connectivity index (χ0n) is 29.7. The third kappa shape index (κ3) is 8.91. The van der Waals surface area contributed by atoms with Crippen LogP contribution in [0.25, 0.3) is 11.0 Å². The second-order valence-electron chi connectivity index (χ2n) is 13.3. The van der Waals surface area contributed by atoms with E-state index in [2.05, 4.69) is 16.4 Å². The molecule has 0 bridgehead atoms. The van der Waals surface area contributed by atoms with Crippen molar-refractivity contribution in [1.29, 1.82) is 0 Å². The number of likely N-dealkylation sites (tertiary alicyclic amines) is 2. The van der Waals surface area contributed by atoms with Crippen molar-refractivity contribution in [2.24, 2.45) is 5.73 Å². The summed E-state index contributed by atoms with van der Waals surface area (Å²) in [5.74, 6) is -1.60. The van der Waals surface area contributed by atoms with Gasteiger partial charge in [0.25, 0.3) is 17.3 Å². The van der Waals surface area contributed by atoms with Gasteiger partial charge < -0.3 is 41.1 Å². The minimum atomic E-state index is -1.20. The van der Waals surface area contributed by atoms with E-state index in [0.717, 1.165) is 6.07 Å². The van der Waals surface area contributed by atoms with Crippen molar-refractivity contribution in [1.82, 2.24) is 15.1 Å². The number of anilines is 1. The van der Waals surface area contributed by atoms with Crippen LogP contribution in [0.4, 0.5) is 17.1 Å². The molecular weight excluding hydrogens is 708 g/mol. The Morgan fingerprint density at radius 1 is 1.00 bits per heavy atom. The van der Waals surface area contributed by atoms with E-state index in [1.165, 1.54) is 41.2 Å². The maximum absolute atomic E-state index is 13.9. The Morgan fingerprint density at radius 2 is 1.72 bits per heavy atom. The van der Waals surface area contributed by atoms with Crippen LogP contribution in [0.3, 0.4) is 0 Å². The Morgan fingerprint density at radius 3 is 2.41 bits per heavy atom. The number of nitrogens with two attached hydrogens (primary N) is 1. The van der Waals surface area contributed by atoms with Crippen LogP contribution in [-0.4, -0.2) is 94.2 Å². The lowest BCUT2D eigenvalue weighted by Crippen LogP contribution is -2.69. The van der Waals surface area contributed by atoms with Crippen molar-refractivity contribution in [3.05, 3.63) is 78.7 Å². The molecule has 4 amide bonds. The van der Waals surface area contributed by atoms with E-state index in [0.29, 0.717) is 74.7 Å². The number of methoxy groups -OCH3 is 1. The predicted molar refractivity (Wildman–Crippen MR) is 192 cm³/mol. The molecule has 4 unspecified atom stereocenters. The molecule has 19 nitrogen and oxygen atoms in total. The van der Waals surface area contributed by atoms with Crippen molar-refractivity contribution >= 4 is 51.7 Å². The molecule has 5 rings (SSSR count). The van der Waals surface area contributed by atoms with Crippen molar-refractivity contribution in [2.75, 3.05) is 32.1 Å². The molecule has 0 aliphatic carbocycles. The minimum absolute atomic E-state index is 0.0982. The molecule has 2 saturated heterocycles. The Hall–Kier alpha value is -6.11. The Kier molecular flexibility index (Phi) is 12.4. The largest absolute Gasteiger partial charge is 0.497 e. The smallest absolute Gasteiger partial charge is 0.336 e. The summed E-state index contributed by atoms with van der Waals surface area (Å²) < 4.78 is 10.5. The normalized spacial score (nSPS) is 17.9. The molecule has 2 fully saturated rings. The number of benzene rings is 2. The fourth-order valence-electron chi connectivity index (χ4n) is 7.03. The average molecular weight is 752 g/mol. The van der Waals surface area contributed by atoms with Crippen LogP contribution >= 0.6 is 0 Å². The fourth-order valence-corrected chi connectivity index (χ4v) is 7.03. The summed E-state index contributed by atoms with van der Waals surface area (Å²) in [4.78, 5) is 89.8. The molecule has 0 radical (unpaired) electrons. The summed E-state index contributed by atoms with van der Waals surface area (Å²) in [6.45, 7) is 0.953. The number of carbonyl (C=O) groups is 4. The van der Waals surface area contributed by atoms with Crippen LogP contribution in [0.5, 0.6) is 5.75 Å². The molecule has 288 valence electrons. The Bertz CT molecular complexity index is 2000. The lowest BCUT2D eigenvalue weighted by atomic mass is 10.0. The Labute approximate surface area is 308 Å². The number of carbonyl (C=O) groups excluding carboxylic acids is 4. The number of nitrogens with zero attached hydrogens (tertiary/aromatic N) is 4. The van der Waals surface area contributed by atoms with E-state index in [1.54, 1.807) is 12.1 Å². The van der Waals surface area contributed by atoms with Crippen LogP contribution in [0, 0.1) is 20.2 Å². The second kappa shape index (κ2) is 17.1. The number of hydrogen-bond donors (Lipinski definition) is 4. The number of hydrogen-bond acceptors (Lipinski definition) is 12. The van der Waals surface area contributed by atoms with Gasteiger partial charge in [0, 0.05) is 56.1 Å². The Balaban J connectivity index is 1.16. The van der Waals surface area contributed by atoms with Crippen molar-refractivity contribution in [2.45, 2.75) is 75.5 Å². The summed E-state index contributed by atoms with van der Waals surface area (Å²) >= 11 is 0. The summed E-state index contributed by atoms with van der Waals surface area (Å²) in [5.41, 5.74) is 9.07. The second-order valence-corrected chi connectivity index (χ2v) is 13.3. The van der Waals surface area contributed by atoms with Gasteiger partial charge in [-0.25, -0.2) is 4.79 Å².